The lowest BCUT2D eigenvalue weighted by molar-refractivity contribution is -0.145. The zero-order valence-electron chi connectivity index (χ0n) is 12.0. The predicted molar refractivity (Wildman–Crippen MR) is 78.1 cm³/mol. The molecule has 2 heterocycles. The van der Waals surface area contributed by atoms with E-state index in [1.807, 2.05) is 18.5 Å². The highest BCUT2D eigenvalue weighted by molar-refractivity contribution is 7.15. The lowest BCUT2D eigenvalue weighted by Gasteiger charge is -2.08. The Morgan fingerprint density at radius 2 is 2.48 bits per heavy atom. The molecule has 0 aromatic carbocycles. The molecule has 7 nitrogen and oxygen atoms in total. The van der Waals surface area contributed by atoms with E-state index in [2.05, 4.69) is 20.5 Å². The molecule has 0 amide bonds. The van der Waals surface area contributed by atoms with Gasteiger partial charge in [-0.1, -0.05) is 0 Å². The Morgan fingerprint density at radius 3 is 3.19 bits per heavy atom. The lowest BCUT2D eigenvalue weighted by Crippen LogP contribution is -2.14. The normalized spacial score (nSPS) is 16.8. The Balaban J connectivity index is 1.69. The number of nitrogens with zero attached hydrogens (tertiary/aromatic N) is 4. The largest absolute Gasteiger partial charge is 0.465 e. The molecular formula is C13H17N5O2S. The van der Waals surface area contributed by atoms with Gasteiger partial charge in [0.1, 0.15) is 12.2 Å². The monoisotopic (exact) mass is 307 g/mol. The minimum Gasteiger partial charge on any atom is -0.465 e. The summed E-state index contributed by atoms with van der Waals surface area (Å²) in [6, 6.07) is 0. The molecule has 2 aromatic rings. The second kappa shape index (κ2) is 5.80. The maximum atomic E-state index is 11.9. The molecule has 1 aliphatic carbocycles. The topological polar surface area (TPSA) is 81.9 Å². The number of carbonyl (C=O) groups is 1. The third kappa shape index (κ3) is 2.76. The van der Waals surface area contributed by atoms with Crippen LogP contribution in [0.15, 0.2) is 6.33 Å². The standard InChI is InChI=1S/C13H17N5O2S/c1-3-20-12(19)8-4-5-9-11(8)16-13(21-9)14-6-10-17-15-7-18(10)2/h7-8H,3-6H2,1-2H3,(H,14,16). The van der Waals surface area contributed by atoms with Crippen LogP contribution in [0.25, 0.3) is 0 Å². The van der Waals surface area contributed by atoms with E-state index < -0.39 is 0 Å². The van der Waals surface area contributed by atoms with Crippen molar-refractivity contribution in [1.82, 2.24) is 19.7 Å². The number of aromatic nitrogens is 4. The molecule has 0 saturated carbocycles. The van der Waals surface area contributed by atoms with Crippen molar-refractivity contribution < 1.29 is 9.53 Å². The van der Waals surface area contributed by atoms with Crippen molar-refractivity contribution in [3.05, 3.63) is 22.7 Å². The van der Waals surface area contributed by atoms with E-state index in [0.29, 0.717) is 13.2 Å². The molecule has 0 bridgehead atoms. The van der Waals surface area contributed by atoms with Gasteiger partial charge in [-0.3, -0.25) is 4.79 Å². The molecule has 2 aromatic heterocycles. The minimum absolute atomic E-state index is 0.165. The molecule has 1 atom stereocenters. The summed E-state index contributed by atoms with van der Waals surface area (Å²) in [7, 11) is 1.90. The number of nitrogens with one attached hydrogen (secondary N) is 1. The van der Waals surface area contributed by atoms with Gasteiger partial charge < -0.3 is 14.6 Å². The van der Waals surface area contributed by atoms with E-state index in [9.17, 15) is 4.79 Å². The van der Waals surface area contributed by atoms with Crippen LogP contribution in [0.1, 0.15) is 35.7 Å². The van der Waals surface area contributed by atoms with Crippen molar-refractivity contribution in [2.24, 2.45) is 7.05 Å². The number of hydrogen-bond acceptors (Lipinski definition) is 7. The fourth-order valence-electron chi connectivity index (χ4n) is 2.40. The first-order valence-electron chi connectivity index (χ1n) is 6.92. The number of ether oxygens (including phenoxy) is 1. The Morgan fingerprint density at radius 1 is 1.62 bits per heavy atom. The van der Waals surface area contributed by atoms with Crippen LogP contribution in [0.5, 0.6) is 0 Å². The van der Waals surface area contributed by atoms with Crippen LogP contribution in [-0.4, -0.2) is 32.3 Å². The molecule has 0 spiro atoms. The second-order valence-electron chi connectivity index (χ2n) is 4.88. The number of aryl methyl sites for hydroxylation is 2. The first-order chi connectivity index (χ1) is 10.2. The highest BCUT2D eigenvalue weighted by atomic mass is 32.1. The molecular weight excluding hydrogens is 290 g/mol. The zero-order valence-corrected chi connectivity index (χ0v) is 12.8. The predicted octanol–water partition coefficient (Wildman–Crippen LogP) is 1.48. The van der Waals surface area contributed by atoms with Gasteiger partial charge in [-0.05, 0) is 19.8 Å². The summed E-state index contributed by atoms with van der Waals surface area (Å²) in [4.78, 5) is 17.6. The molecule has 112 valence electrons. The molecule has 0 saturated heterocycles. The van der Waals surface area contributed by atoms with E-state index in [1.165, 1.54) is 4.88 Å². The third-order valence-corrected chi connectivity index (χ3v) is 4.58. The number of thiazole rings is 1. The number of hydrogen-bond donors (Lipinski definition) is 1. The van der Waals surface area contributed by atoms with Crippen molar-refractivity contribution in [3.8, 4) is 0 Å². The molecule has 0 aliphatic heterocycles. The summed E-state index contributed by atoms with van der Waals surface area (Å²) in [6.45, 7) is 2.79. The van der Waals surface area contributed by atoms with Crippen LogP contribution in [-0.2, 0) is 29.5 Å². The Hall–Kier alpha value is -1.96. The molecule has 1 unspecified atom stereocenters. The number of rotatable bonds is 5. The molecule has 0 fully saturated rings. The van der Waals surface area contributed by atoms with Crippen LogP contribution in [0.2, 0.25) is 0 Å². The van der Waals surface area contributed by atoms with Crippen molar-refractivity contribution in [3.63, 3.8) is 0 Å². The highest BCUT2D eigenvalue weighted by Gasteiger charge is 2.33. The van der Waals surface area contributed by atoms with Gasteiger partial charge in [0.15, 0.2) is 11.0 Å². The maximum Gasteiger partial charge on any atom is 0.315 e. The van der Waals surface area contributed by atoms with Gasteiger partial charge in [0, 0.05) is 11.9 Å². The fourth-order valence-corrected chi connectivity index (χ4v) is 3.43. The van der Waals surface area contributed by atoms with Gasteiger partial charge in [-0.2, -0.15) is 0 Å². The van der Waals surface area contributed by atoms with E-state index in [-0.39, 0.29) is 11.9 Å². The zero-order chi connectivity index (χ0) is 14.8. The Kier molecular flexibility index (Phi) is 3.87. The van der Waals surface area contributed by atoms with Gasteiger partial charge in [-0.15, -0.1) is 21.5 Å². The average molecular weight is 307 g/mol. The van der Waals surface area contributed by atoms with Gasteiger partial charge in [0.05, 0.1) is 18.8 Å². The summed E-state index contributed by atoms with van der Waals surface area (Å²) < 4.78 is 6.97. The molecule has 1 N–H and O–H groups in total. The minimum atomic E-state index is -0.207. The van der Waals surface area contributed by atoms with Gasteiger partial charge in [0.2, 0.25) is 0 Å². The van der Waals surface area contributed by atoms with Crippen LogP contribution >= 0.6 is 11.3 Å². The smallest absolute Gasteiger partial charge is 0.315 e. The summed E-state index contributed by atoms with van der Waals surface area (Å²) in [5.41, 5.74) is 0.874. The quantitative estimate of drug-likeness (QED) is 0.843. The summed E-state index contributed by atoms with van der Waals surface area (Å²) in [6.07, 6.45) is 3.36. The van der Waals surface area contributed by atoms with E-state index >= 15 is 0 Å². The second-order valence-corrected chi connectivity index (χ2v) is 5.97. The Labute approximate surface area is 126 Å². The van der Waals surface area contributed by atoms with Crippen LogP contribution in [0, 0.1) is 0 Å². The summed E-state index contributed by atoms with van der Waals surface area (Å²) in [5, 5.41) is 11.9. The fraction of sp³-hybridized carbons (Fsp3) is 0.538. The van der Waals surface area contributed by atoms with Crippen molar-refractivity contribution in [1.29, 1.82) is 0 Å². The van der Waals surface area contributed by atoms with Gasteiger partial charge >= 0.3 is 5.97 Å². The van der Waals surface area contributed by atoms with E-state index in [0.717, 1.165) is 29.5 Å². The lowest BCUT2D eigenvalue weighted by atomic mass is 10.1. The highest BCUT2D eigenvalue weighted by Crippen LogP contribution is 2.38. The van der Waals surface area contributed by atoms with Gasteiger partial charge in [0.25, 0.3) is 0 Å². The Bertz CT molecular complexity index is 651. The van der Waals surface area contributed by atoms with Crippen molar-refractivity contribution >= 4 is 22.4 Å². The van der Waals surface area contributed by atoms with Crippen LogP contribution < -0.4 is 5.32 Å². The molecule has 0 radical (unpaired) electrons. The SMILES string of the molecule is CCOC(=O)C1CCc2sc(NCc3nncn3C)nc21. The first-order valence-corrected chi connectivity index (χ1v) is 7.73. The molecule has 8 heteroatoms. The number of anilines is 1. The first kappa shape index (κ1) is 14.0. The van der Waals surface area contributed by atoms with Crippen molar-refractivity contribution in [2.45, 2.75) is 32.2 Å². The van der Waals surface area contributed by atoms with E-state index in [1.54, 1.807) is 17.7 Å². The van der Waals surface area contributed by atoms with Crippen molar-refractivity contribution in [2.75, 3.05) is 11.9 Å². The number of esters is 1. The molecule has 1 aliphatic rings. The number of fused-ring (bicyclic) bond motifs is 1. The summed E-state index contributed by atoms with van der Waals surface area (Å²) in [5.74, 6) is 0.468. The van der Waals surface area contributed by atoms with Gasteiger partial charge in [-0.25, -0.2) is 4.98 Å². The van der Waals surface area contributed by atoms with E-state index in [4.69, 9.17) is 4.74 Å². The maximum absolute atomic E-state index is 11.9. The molecule has 3 rings (SSSR count). The average Bonchev–Trinajstić information content (AvgIpc) is 3.11. The third-order valence-electron chi connectivity index (χ3n) is 3.49. The summed E-state index contributed by atoms with van der Waals surface area (Å²) >= 11 is 1.60. The van der Waals surface area contributed by atoms with Crippen LogP contribution in [0.3, 0.4) is 0 Å². The van der Waals surface area contributed by atoms with Crippen LogP contribution in [0.4, 0.5) is 5.13 Å². The number of carbonyl (C=O) groups excluding carboxylic acids is 1. The molecule has 21 heavy (non-hydrogen) atoms.